The lowest BCUT2D eigenvalue weighted by molar-refractivity contribution is 0.266. The van der Waals surface area contributed by atoms with Crippen molar-refractivity contribution in [3.05, 3.63) is 64.2 Å². The van der Waals surface area contributed by atoms with E-state index in [-0.39, 0.29) is 5.56 Å². The average molecular weight is 377 g/mol. The van der Waals surface area contributed by atoms with Gasteiger partial charge in [-0.3, -0.25) is 4.79 Å². The van der Waals surface area contributed by atoms with Gasteiger partial charge in [0.05, 0.1) is 5.69 Å². The molecule has 5 nitrogen and oxygen atoms in total. The van der Waals surface area contributed by atoms with E-state index in [2.05, 4.69) is 52.5 Å². The largest absolute Gasteiger partial charge is 0.365 e. The van der Waals surface area contributed by atoms with Crippen LogP contribution in [0.25, 0.3) is 10.8 Å². The van der Waals surface area contributed by atoms with E-state index in [0.29, 0.717) is 12.5 Å². The highest BCUT2D eigenvalue weighted by atomic mass is 16.1. The number of hydrogen-bond donors (Lipinski definition) is 2. The number of anilines is 1. The molecule has 4 rings (SSSR count). The second kappa shape index (κ2) is 8.13. The van der Waals surface area contributed by atoms with Crippen LogP contribution in [0.1, 0.15) is 50.8 Å². The molecule has 1 aromatic carbocycles. The van der Waals surface area contributed by atoms with Gasteiger partial charge in [0.2, 0.25) is 5.56 Å². The smallest absolute Gasteiger partial charge is 0.247 e. The summed E-state index contributed by atoms with van der Waals surface area (Å²) in [6.45, 7) is 4.66. The molecule has 0 radical (unpaired) electrons. The first kappa shape index (κ1) is 18.7. The quantitative estimate of drug-likeness (QED) is 0.686. The summed E-state index contributed by atoms with van der Waals surface area (Å²) >= 11 is 0. The molecule has 1 fully saturated rings. The van der Waals surface area contributed by atoms with Crippen LogP contribution in [-0.4, -0.2) is 21.2 Å². The molecule has 0 aliphatic heterocycles. The van der Waals surface area contributed by atoms with Gasteiger partial charge in [0, 0.05) is 35.5 Å². The number of H-pyrrole nitrogens is 1. The third-order valence-corrected chi connectivity index (χ3v) is 6.04. The molecule has 3 aromatic rings. The minimum absolute atomic E-state index is 0.0913. The van der Waals surface area contributed by atoms with Gasteiger partial charge >= 0.3 is 0 Å². The van der Waals surface area contributed by atoms with Crippen molar-refractivity contribution in [3.8, 4) is 0 Å². The minimum atomic E-state index is -0.0913. The van der Waals surface area contributed by atoms with Crippen LogP contribution >= 0.6 is 0 Å². The van der Waals surface area contributed by atoms with E-state index in [9.17, 15) is 4.79 Å². The maximum atomic E-state index is 11.3. The maximum Gasteiger partial charge on any atom is 0.247 e. The zero-order valence-electron chi connectivity index (χ0n) is 16.6. The minimum Gasteiger partial charge on any atom is -0.365 e. The van der Waals surface area contributed by atoms with Crippen LogP contribution in [0.15, 0.2) is 47.4 Å². The van der Waals surface area contributed by atoms with Gasteiger partial charge in [-0.2, -0.15) is 5.10 Å². The van der Waals surface area contributed by atoms with Gasteiger partial charge < -0.3 is 10.3 Å². The van der Waals surface area contributed by atoms with Gasteiger partial charge in [-0.15, -0.1) is 5.10 Å². The fourth-order valence-corrected chi connectivity index (χ4v) is 4.27. The SMILES string of the molecule is CC(C)C1CCC(Nc2nnc(Cc3ccc(=O)[nH]c3)c3ccccc23)CC1. The number of fused-ring (bicyclic) bond motifs is 1. The lowest BCUT2D eigenvalue weighted by Crippen LogP contribution is -2.28. The summed E-state index contributed by atoms with van der Waals surface area (Å²) in [5, 5.41) is 15.0. The molecule has 28 heavy (non-hydrogen) atoms. The predicted molar refractivity (Wildman–Crippen MR) is 114 cm³/mol. The number of nitrogens with one attached hydrogen (secondary N) is 2. The zero-order valence-corrected chi connectivity index (χ0v) is 16.6. The van der Waals surface area contributed by atoms with Crippen molar-refractivity contribution in [2.24, 2.45) is 11.8 Å². The summed E-state index contributed by atoms with van der Waals surface area (Å²) in [5.74, 6) is 2.50. The summed E-state index contributed by atoms with van der Waals surface area (Å²) in [4.78, 5) is 14.0. The van der Waals surface area contributed by atoms with Crippen LogP contribution in [0.3, 0.4) is 0 Å². The van der Waals surface area contributed by atoms with Crippen LogP contribution in [0.2, 0.25) is 0 Å². The van der Waals surface area contributed by atoms with Crippen LogP contribution in [0.4, 0.5) is 5.82 Å². The topological polar surface area (TPSA) is 70.7 Å². The Labute approximate surface area is 165 Å². The summed E-state index contributed by atoms with van der Waals surface area (Å²) in [5.41, 5.74) is 1.86. The monoisotopic (exact) mass is 376 g/mol. The van der Waals surface area contributed by atoms with Gasteiger partial charge in [-0.05, 0) is 43.1 Å². The molecule has 0 saturated heterocycles. The molecule has 0 unspecified atom stereocenters. The summed E-state index contributed by atoms with van der Waals surface area (Å²) in [6.07, 6.45) is 7.34. The molecule has 2 N–H and O–H groups in total. The molecule has 1 saturated carbocycles. The van der Waals surface area contributed by atoms with Crippen LogP contribution in [-0.2, 0) is 6.42 Å². The summed E-state index contributed by atoms with van der Waals surface area (Å²) in [6, 6.07) is 12.2. The van der Waals surface area contributed by atoms with E-state index in [4.69, 9.17) is 0 Å². The van der Waals surface area contributed by atoms with Crippen molar-refractivity contribution in [3.63, 3.8) is 0 Å². The number of benzene rings is 1. The fourth-order valence-electron chi connectivity index (χ4n) is 4.27. The molecule has 2 heterocycles. The Kier molecular flexibility index (Phi) is 5.42. The van der Waals surface area contributed by atoms with Crippen molar-refractivity contribution in [2.75, 3.05) is 5.32 Å². The Balaban J connectivity index is 1.56. The van der Waals surface area contributed by atoms with E-state index in [0.717, 1.165) is 39.7 Å². The van der Waals surface area contributed by atoms with E-state index in [1.54, 1.807) is 12.3 Å². The lowest BCUT2D eigenvalue weighted by atomic mass is 9.80. The van der Waals surface area contributed by atoms with Crippen molar-refractivity contribution in [1.82, 2.24) is 15.2 Å². The molecule has 2 aromatic heterocycles. The highest BCUT2D eigenvalue weighted by molar-refractivity contribution is 5.93. The third-order valence-electron chi connectivity index (χ3n) is 6.04. The Morgan fingerprint density at radius 2 is 1.79 bits per heavy atom. The van der Waals surface area contributed by atoms with E-state index in [1.165, 1.54) is 25.7 Å². The predicted octanol–water partition coefficient (Wildman–Crippen LogP) is 4.54. The third kappa shape index (κ3) is 4.08. The molecule has 1 aliphatic carbocycles. The van der Waals surface area contributed by atoms with Crippen LogP contribution in [0.5, 0.6) is 0 Å². The second-order valence-corrected chi connectivity index (χ2v) is 8.28. The average Bonchev–Trinajstić information content (AvgIpc) is 2.72. The molecular weight excluding hydrogens is 348 g/mol. The standard InChI is InChI=1S/C23H28N4O/c1-15(2)17-8-10-18(11-9-17)25-23-20-6-4-3-5-19(20)21(26-27-23)13-16-7-12-22(28)24-14-16/h3-7,12,14-15,17-18H,8-11,13H2,1-2H3,(H,24,28)(H,25,27). The van der Waals surface area contributed by atoms with Crippen molar-refractivity contribution >= 4 is 16.6 Å². The first-order chi connectivity index (χ1) is 13.6. The molecule has 0 atom stereocenters. The maximum absolute atomic E-state index is 11.3. The van der Waals surface area contributed by atoms with Crippen LogP contribution < -0.4 is 10.9 Å². The normalized spacial score (nSPS) is 19.8. The lowest BCUT2D eigenvalue weighted by Gasteiger charge is -2.31. The molecule has 0 spiro atoms. The Morgan fingerprint density at radius 3 is 2.46 bits per heavy atom. The van der Waals surface area contributed by atoms with E-state index >= 15 is 0 Å². The molecule has 1 aliphatic rings. The van der Waals surface area contributed by atoms with Gasteiger partial charge in [0.15, 0.2) is 5.82 Å². The number of nitrogens with zero attached hydrogens (tertiary/aromatic N) is 2. The van der Waals surface area contributed by atoms with Gasteiger partial charge in [0.25, 0.3) is 0 Å². The molecule has 0 amide bonds. The Hall–Kier alpha value is -2.69. The van der Waals surface area contributed by atoms with Crippen molar-refractivity contribution in [1.29, 1.82) is 0 Å². The first-order valence-corrected chi connectivity index (χ1v) is 10.3. The highest BCUT2D eigenvalue weighted by Gasteiger charge is 2.24. The Morgan fingerprint density at radius 1 is 1.04 bits per heavy atom. The van der Waals surface area contributed by atoms with Gasteiger partial charge in [-0.25, -0.2) is 0 Å². The van der Waals surface area contributed by atoms with Gasteiger partial charge in [0.1, 0.15) is 0 Å². The van der Waals surface area contributed by atoms with Crippen molar-refractivity contribution in [2.45, 2.75) is 52.0 Å². The van der Waals surface area contributed by atoms with E-state index in [1.807, 2.05) is 12.1 Å². The number of hydrogen-bond acceptors (Lipinski definition) is 4. The molecule has 0 bridgehead atoms. The zero-order chi connectivity index (χ0) is 19.5. The summed E-state index contributed by atoms with van der Waals surface area (Å²) in [7, 11) is 0. The molecule has 5 heteroatoms. The second-order valence-electron chi connectivity index (χ2n) is 8.28. The molecule has 146 valence electrons. The fraction of sp³-hybridized carbons (Fsp3) is 0.435. The number of aromatic amines is 1. The van der Waals surface area contributed by atoms with Crippen molar-refractivity contribution < 1.29 is 0 Å². The molecular formula is C23H28N4O. The highest BCUT2D eigenvalue weighted by Crippen LogP contribution is 2.32. The summed E-state index contributed by atoms with van der Waals surface area (Å²) < 4.78 is 0. The van der Waals surface area contributed by atoms with Gasteiger partial charge in [-0.1, -0.05) is 44.2 Å². The number of rotatable bonds is 5. The van der Waals surface area contributed by atoms with E-state index < -0.39 is 0 Å². The Bertz CT molecular complexity index is 982. The number of aromatic nitrogens is 3. The first-order valence-electron chi connectivity index (χ1n) is 10.3. The van der Waals surface area contributed by atoms with Crippen LogP contribution in [0, 0.1) is 11.8 Å². The number of pyridine rings is 1.